The summed E-state index contributed by atoms with van der Waals surface area (Å²) in [7, 11) is 0. The van der Waals surface area contributed by atoms with E-state index in [-0.39, 0.29) is 12.7 Å². The molecular weight excluding hydrogens is 390 g/mol. The molecule has 1 aromatic carbocycles. The number of rotatable bonds is 4. The maximum absolute atomic E-state index is 12.2. The van der Waals surface area contributed by atoms with Gasteiger partial charge in [0.05, 0.1) is 5.60 Å². The van der Waals surface area contributed by atoms with Crippen molar-refractivity contribution in [3.05, 3.63) is 34.3 Å². The van der Waals surface area contributed by atoms with Gasteiger partial charge < -0.3 is 19.5 Å². The van der Waals surface area contributed by atoms with Crippen LogP contribution in [0.15, 0.2) is 28.7 Å². The zero-order valence-corrected chi connectivity index (χ0v) is 16.3. The van der Waals surface area contributed by atoms with E-state index in [0.29, 0.717) is 25.9 Å². The molecule has 1 aliphatic heterocycles. The number of hydrogen-bond donors (Lipinski definition) is 1. The summed E-state index contributed by atoms with van der Waals surface area (Å²) < 4.78 is 12.1. The average Bonchev–Trinajstić information content (AvgIpc) is 2.52. The lowest BCUT2D eigenvalue weighted by atomic mass is 9.84. The summed E-state index contributed by atoms with van der Waals surface area (Å²) in [5, 5.41) is 9.00. The van der Waals surface area contributed by atoms with Crippen LogP contribution in [0.25, 0.3) is 0 Å². The number of likely N-dealkylation sites (tertiary alicyclic amines) is 1. The smallest absolute Gasteiger partial charge is 0.410 e. The molecular formula is C18H24BrNO5. The van der Waals surface area contributed by atoms with Gasteiger partial charge in [-0.05, 0) is 51.3 Å². The summed E-state index contributed by atoms with van der Waals surface area (Å²) in [5.74, 6) is -1.01. The molecule has 1 heterocycles. The number of aliphatic carboxylic acids is 1. The number of halogens is 1. The first-order valence-electron chi connectivity index (χ1n) is 8.21. The van der Waals surface area contributed by atoms with E-state index in [1.54, 1.807) is 4.90 Å². The Morgan fingerprint density at radius 2 is 1.76 bits per heavy atom. The second-order valence-electron chi connectivity index (χ2n) is 7.15. The quantitative estimate of drug-likeness (QED) is 0.812. The molecule has 6 nitrogen and oxygen atoms in total. The van der Waals surface area contributed by atoms with Gasteiger partial charge in [0.25, 0.3) is 0 Å². The fraction of sp³-hybridized carbons (Fsp3) is 0.556. The second kappa shape index (κ2) is 7.74. The molecule has 0 saturated carbocycles. The van der Waals surface area contributed by atoms with Crippen molar-refractivity contribution in [1.29, 1.82) is 0 Å². The highest BCUT2D eigenvalue weighted by Gasteiger charge is 2.39. The Bertz CT molecular complexity index is 615. The van der Waals surface area contributed by atoms with Gasteiger partial charge in [-0.25, -0.2) is 9.59 Å². The monoisotopic (exact) mass is 413 g/mol. The number of piperidine rings is 1. The van der Waals surface area contributed by atoms with E-state index in [1.807, 2.05) is 45.0 Å². The molecule has 0 atom stereocenters. The van der Waals surface area contributed by atoms with Crippen molar-refractivity contribution in [3.8, 4) is 0 Å². The molecule has 0 spiro atoms. The lowest BCUT2D eigenvalue weighted by molar-refractivity contribution is -0.155. The number of carbonyl (C=O) groups excluding carboxylic acids is 1. The third kappa shape index (κ3) is 5.44. The van der Waals surface area contributed by atoms with Gasteiger partial charge in [0, 0.05) is 17.6 Å². The highest BCUT2D eigenvalue weighted by Crippen LogP contribution is 2.37. The molecule has 1 fully saturated rings. The van der Waals surface area contributed by atoms with Crippen LogP contribution in [0.1, 0.15) is 39.2 Å². The SMILES string of the molecule is CC(C)(C)OC(=O)N1CCC(OCC(=O)O)(c2ccc(Br)cc2)CC1. The van der Waals surface area contributed by atoms with E-state index in [9.17, 15) is 9.59 Å². The van der Waals surface area contributed by atoms with Crippen molar-refractivity contribution >= 4 is 28.0 Å². The Labute approximate surface area is 156 Å². The van der Waals surface area contributed by atoms with Crippen molar-refractivity contribution in [2.75, 3.05) is 19.7 Å². The van der Waals surface area contributed by atoms with Crippen molar-refractivity contribution in [2.45, 2.75) is 44.8 Å². The molecule has 138 valence electrons. The highest BCUT2D eigenvalue weighted by atomic mass is 79.9. The fourth-order valence-electron chi connectivity index (χ4n) is 2.85. The van der Waals surface area contributed by atoms with E-state index in [0.717, 1.165) is 10.0 Å². The zero-order valence-electron chi connectivity index (χ0n) is 14.8. The van der Waals surface area contributed by atoms with Gasteiger partial charge in [0.1, 0.15) is 12.2 Å². The molecule has 1 N–H and O–H groups in total. The summed E-state index contributed by atoms with van der Waals surface area (Å²) >= 11 is 3.40. The lowest BCUT2D eigenvalue weighted by Crippen LogP contribution is -2.48. The minimum atomic E-state index is -1.01. The summed E-state index contributed by atoms with van der Waals surface area (Å²) in [6.07, 6.45) is 0.678. The van der Waals surface area contributed by atoms with Gasteiger partial charge in [-0.3, -0.25) is 0 Å². The molecule has 0 bridgehead atoms. The van der Waals surface area contributed by atoms with Gasteiger partial charge >= 0.3 is 12.1 Å². The minimum absolute atomic E-state index is 0.352. The van der Waals surface area contributed by atoms with Crippen LogP contribution in [0.2, 0.25) is 0 Å². The molecule has 25 heavy (non-hydrogen) atoms. The van der Waals surface area contributed by atoms with Crippen LogP contribution in [0.4, 0.5) is 4.79 Å². The summed E-state index contributed by atoms with van der Waals surface area (Å²) in [6, 6.07) is 7.66. The molecule has 0 aliphatic carbocycles. The third-order valence-corrected chi connectivity index (χ3v) is 4.59. The van der Waals surface area contributed by atoms with Crippen molar-refractivity contribution in [2.24, 2.45) is 0 Å². The van der Waals surface area contributed by atoms with Crippen LogP contribution >= 0.6 is 15.9 Å². The number of carbonyl (C=O) groups is 2. The Morgan fingerprint density at radius 3 is 2.24 bits per heavy atom. The molecule has 1 amide bonds. The summed E-state index contributed by atoms with van der Waals surface area (Å²) in [4.78, 5) is 24.9. The molecule has 1 aromatic rings. The lowest BCUT2D eigenvalue weighted by Gasteiger charge is -2.42. The standard InChI is InChI=1S/C18H24BrNO5/c1-17(2,3)25-16(23)20-10-8-18(9-11-20,24-12-15(21)22)13-4-6-14(19)7-5-13/h4-7H,8-12H2,1-3H3,(H,21,22). The number of amides is 1. The Balaban J connectivity index is 2.13. The predicted octanol–water partition coefficient (Wildman–Crippen LogP) is 3.78. The molecule has 0 radical (unpaired) electrons. The number of carboxylic acids is 1. The Kier molecular flexibility index (Phi) is 6.11. The first-order chi connectivity index (χ1) is 11.6. The largest absolute Gasteiger partial charge is 0.480 e. The number of carboxylic acid groups (broad SMARTS) is 1. The number of ether oxygens (including phenoxy) is 2. The molecule has 1 aliphatic rings. The first kappa shape index (κ1) is 19.7. The van der Waals surface area contributed by atoms with Crippen molar-refractivity contribution in [1.82, 2.24) is 4.90 Å². The van der Waals surface area contributed by atoms with Gasteiger partial charge in [-0.1, -0.05) is 28.1 Å². The van der Waals surface area contributed by atoms with Gasteiger partial charge in [0.2, 0.25) is 0 Å². The normalized spacial score (nSPS) is 17.2. The molecule has 2 rings (SSSR count). The highest BCUT2D eigenvalue weighted by molar-refractivity contribution is 9.10. The topological polar surface area (TPSA) is 76.1 Å². The second-order valence-corrected chi connectivity index (χ2v) is 8.07. The van der Waals surface area contributed by atoms with Gasteiger partial charge in [-0.15, -0.1) is 0 Å². The van der Waals surface area contributed by atoms with Crippen molar-refractivity contribution in [3.63, 3.8) is 0 Å². The van der Waals surface area contributed by atoms with Crippen LogP contribution in [0.5, 0.6) is 0 Å². The maximum Gasteiger partial charge on any atom is 0.410 e. The van der Waals surface area contributed by atoms with E-state index in [1.165, 1.54) is 0 Å². The summed E-state index contributed by atoms with van der Waals surface area (Å²) in [6.45, 7) is 6.02. The summed E-state index contributed by atoms with van der Waals surface area (Å²) in [5.41, 5.74) is -0.338. The van der Waals surface area contributed by atoms with Crippen LogP contribution in [-0.4, -0.2) is 47.4 Å². The van der Waals surface area contributed by atoms with E-state index < -0.39 is 17.2 Å². The Hall–Kier alpha value is -1.60. The number of nitrogens with zero attached hydrogens (tertiary/aromatic N) is 1. The predicted molar refractivity (Wildman–Crippen MR) is 96.4 cm³/mol. The third-order valence-electron chi connectivity index (χ3n) is 4.07. The van der Waals surface area contributed by atoms with Crippen LogP contribution < -0.4 is 0 Å². The van der Waals surface area contributed by atoms with Crippen LogP contribution in [-0.2, 0) is 19.9 Å². The van der Waals surface area contributed by atoms with Gasteiger partial charge in [0.15, 0.2) is 0 Å². The Morgan fingerprint density at radius 1 is 1.20 bits per heavy atom. The molecule has 0 aromatic heterocycles. The average molecular weight is 414 g/mol. The van der Waals surface area contributed by atoms with Gasteiger partial charge in [-0.2, -0.15) is 0 Å². The van der Waals surface area contributed by atoms with Crippen LogP contribution in [0.3, 0.4) is 0 Å². The number of hydrogen-bond acceptors (Lipinski definition) is 4. The molecule has 1 saturated heterocycles. The van der Waals surface area contributed by atoms with E-state index in [2.05, 4.69) is 15.9 Å². The zero-order chi connectivity index (χ0) is 18.7. The minimum Gasteiger partial charge on any atom is -0.480 e. The van der Waals surface area contributed by atoms with Crippen LogP contribution in [0, 0.1) is 0 Å². The number of benzene rings is 1. The van der Waals surface area contributed by atoms with E-state index >= 15 is 0 Å². The first-order valence-corrected chi connectivity index (χ1v) is 9.00. The maximum atomic E-state index is 12.2. The van der Waals surface area contributed by atoms with E-state index in [4.69, 9.17) is 14.6 Å². The molecule has 0 unspecified atom stereocenters. The fourth-order valence-corrected chi connectivity index (χ4v) is 3.11. The van der Waals surface area contributed by atoms with Crippen molar-refractivity contribution < 1.29 is 24.2 Å². The molecule has 7 heteroatoms.